The van der Waals surface area contributed by atoms with Gasteiger partial charge in [-0.05, 0) is 32.9 Å². The molecule has 2 heteroatoms. The molecule has 0 saturated carbocycles. The molecule has 0 amide bonds. The first-order valence-corrected chi connectivity index (χ1v) is 5.87. The highest BCUT2D eigenvalue weighted by molar-refractivity contribution is 4.96. The van der Waals surface area contributed by atoms with Gasteiger partial charge in [-0.15, -0.1) is 6.58 Å². The van der Waals surface area contributed by atoms with Gasteiger partial charge in [-0.3, -0.25) is 0 Å². The van der Waals surface area contributed by atoms with Crippen LogP contribution in [0.5, 0.6) is 0 Å². The fraction of sp³-hybridized carbons (Fsp3) is 0.692. The minimum absolute atomic E-state index is 1.06. The Labute approximate surface area is 95.0 Å². The highest BCUT2D eigenvalue weighted by Crippen LogP contribution is 2.07. The minimum Gasteiger partial charge on any atom is -0.316 e. The molecule has 0 fully saturated rings. The largest absolute Gasteiger partial charge is 0.316 e. The Morgan fingerprint density at radius 1 is 1.33 bits per heavy atom. The zero-order chi connectivity index (χ0) is 11.5. The van der Waals surface area contributed by atoms with Gasteiger partial charge < -0.3 is 10.2 Å². The fourth-order valence-electron chi connectivity index (χ4n) is 1.34. The Kier molecular flexibility index (Phi) is 9.54. The number of hydrogen-bond acceptors (Lipinski definition) is 2. The Morgan fingerprint density at radius 3 is 2.67 bits per heavy atom. The van der Waals surface area contributed by atoms with E-state index < -0.39 is 0 Å². The smallest absolute Gasteiger partial charge is 0.0104 e. The second-order valence-corrected chi connectivity index (χ2v) is 3.98. The van der Waals surface area contributed by atoms with Crippen LogP contribution in [0.3, 0.4) is 0 Å². The lowest BCUT2D eigenvalue weighted by Gasteiger charge is -2.17. The topological polar surface area (TPSA) is 15.3 Å². The first kappa shape index (κ1) is 14.4. The predicted octanol–water partition coefficient (Wildman–Crippen LogP) is 2.44. The van der Waals surface area contributed by atoms with E-state index in [1.54, 1.807) is 0 Å². The molecule has 0 aromatic rings. The van der Waals surface area contributed by atoms with E-state index in [-0.39, 0.29) is 0 Å². The van der Waals surface area contributed by atoms with E-state index in [9.17, 15) is 0 Å². The Bertz CT molecular complexity index is 175. The molecule has 2 nitrogen and oxygen atoms in total. The van der Waals surface area contributed by atoms with Gasteiger partial charge in [0.1, 0.15) is 0 Å². The quantitative estimate of drug-likeness (QED) is 0.440. The summed E-state index contributed by atoms with van der Waals surface area (Å²) in [6.45, 7) is 14.3. The average Bonchev–Trinajstić information content (AvgIpc) is 2.24. The zero-order valence-electron chi connectivity index (χ0n) is 10.4. The molecule has 1 N–H and O–H groups in total. The van der Waals surface area contributed by atoms with Crippen molar-refractivity contribution in [2.75, 3.05) is 33.2 Å². The van der Waals surface area contributed by atoms with E-state index in [2.05, 4.69) is 37.3 Å². The van der Waals surface area contributed by atoms with Crippen molar-refractivity contribution in [3.8, 4) is 0 Å². The third kappa shape index (κ3) is 9.70. The summed E-state index contributed by atoms with van der Waals surface area (Å²) in [7, 11) is 2.16. The van der Waals surface area contributed by atoms with Crippen molar-refractivity contribution in [2.24, 2.45) is 0 Å². The van der Waals surface area contributed by atoms with E-state index in [4.69, 9.17) is 0 Å². The first-order valence-electron chi connectivity index (χ1n) is 5.87. The molecule has 0 saturated heterocycles. The monoisotopic (exact) mass is 210 g/mol. The van der Waals surface area contributed by atoms with Crippen molar-refractivity contribution < 1.29 is 0 Å². The summed E-state index contributed by atoms with van der Waals surface area (Å²) in [6.07, 6.45) is 5.21. The van der Waals surface area contributed by atoms with Gasteiger partial charge in [0.05, 0.1) is 0 Å². The van der Waals surface area contributed by atoms with Gasteiger partial charge in [0.25, 0.3) is 0 Å². The number of nitrogens with zero attached hydrogens (tertiary/aromatic N) is 1. The summed E-state index contributed by atoms with van der Waals surface area (Å²) < 4.78 is 0. The molecule has 0 spiro atoms. The number of likely N-dealkylation sites (N-methyl/N-ethyl adjacent to an activating group) is 2. The number of allylic oxidation sites excluding steroid dienone is 1. The summed E-state index contributed by atoms with van der Waals surface area (Å²) in [5.74, 6) is 0. The fourth-order valence-corrected chi connectivity index (χ4v) is 1.34. The summed E-state index contributed by atoms with van der Waals surface area (Å²) in [6, 6.07) is 0. The molecule has 0 bridgehead atoms. The molecule has 0 radical (unpaired) electrons. The van der Waals surface area contributed by atoms with Gasteiger partial charge in [-0.2, -0.15) is 0 Å². The summed E-state index contributed by atoms with van der Waals surface area (Å²) >= 11 is 0. The van der Waals surface area contributed by atoms with Gasteiger partial charge in [-0.1, -0.05) is 25.2 Å². The van der Waals surface area contributed by atoms with Crippen molar-refractivity contribution in [3.05, 3.63) is 24.8 Å². The molecule has 0 atom stereocenters. The molecule has 0 unspecified atom stereocenters. The maximum Gasteiger partial charge on any atom is 0.0104 e. The van der Waals surface area contributed by atoms with E-state index in [0.29, 0.717) is 0 Å². The van der Waals surface area contributed by atoms with Crippen LogP contribution in [-0.4, -0.2) is 38.1 Å². The van der Waals surface area contributed by atoms with Crippen LogP contribution in [0.2, 0.25) is 0 Å². The van der Waals surface area contributed by atoms with E-state index in [1.165, 1.54) is 5.57 Å². The van der Waals surface area contributed by atoms with Crippen molar-refractivity contribution >= 4 is 0 Å². The SMILES string of the molecule is C=CCCC(=C)CCN(C)CCNCC. The average molecular weight is 210 g/mol. The Morgan fingerprint density at radius 2 is 2.07 bits per heavy atom. The third-order valence-corrected chi connectivity index (χ3v) is 2.47. The van der Waals surface area contributed by atoms with Crippen LogP contribution in [0, 0.1) is 0 Å². The van der Waals surface area contributed by atoms with Crippen LogP contribution in [0.1, 0.15) is 26.2 Å². The molecule has 0 aliphatic heterocycles. The molecule has 0 aliphatic rings. The second-order valence-electron chi connectivity index (χ2n) is 3.98. The highest BCUT2D eigenvalue weighted by atomic mass is 15.1. The van der Waals surface area contributed by atoms with Crippen molar-refractivity contribution in [1.82, 2.24) is 10.2 Å². The van der Waals surface area contributed by atoms with Gasteiger partial charge in [-0.25, -0.2) is 0 Å². The molecular formula is C13H26N2. The molecular weight excluding hydrogens is 184 g/mol. The number of hydrogen-bond donors (Lipinski definition) is 1. The normalized spacial score (nSPS) is 10.6. The van der Waals surface area contributed by atoms with Gasteiger partial charge in [0.2, 0.25) is 0 Å². The molecule has 15 heavy (non-hydrogen) atoms. The standard InChI is InChI=1S/C13H26N2/c1-5-7-8-13(3)9-11-15(4)12-10-14-6-2/h5,14H,1,3,6-12H2,2,4H3. The maximum atomic E-state index is 4.07. The lowest BCUT2D eigenvalue weighted by atomic mass is 10.1. The van der Waals surface area contributed by atoms with Crippen LogP contribution in [-0.2, 0) is 0 Å². The van der Waals surface area contributed by atoms with E-state index in [0.717, 1.165) is 45.4 Å². The molecule has 0 heterocycles. The van der Waals surface area contributed by atoms with Gasteiger partial charge in [0, 0.05) is 19.6 Å². The molecule has 0 aromatic heterocycles. The number of rotatable bonds is 10. The molecule has 88 valence electrons. The lowest BCUT2D eigenvalue weighted by molar-refractivity contribution is 0.335. The van der Waals surface area contributed by atoms with Crippen LogP contribution in [0.25, 0.3) is 0 Å². The van der Waals surface area contributed by atoms with Crippen molar-refractivity contribution in [1.29, 1.82) is 0 Å². The highest BCUT2D eigenvalue weighted by Gasteiger charge is 1.99. The molecule has 0 aromatic carbocycles. The Hall–Kier alpha value is -0.600. The summed E-state index contributed by atoms with van der Waals surface area (Å²) in [5, 5.41) is 3.32. The first-order chi connectivity index (χ1) is 7.20. The van der Waals surface area contributed by atoms with Crippen LogP contribution < -0.4 is 5.32 Å². The van der Waals surface area contributed by atoms with Crippen molar-refractivity contribution in [2.45, 2.75) is 26.2 Å². The van der Waals surface area contributed by atoms with Gasteiger partial charge >= 0.3 is 0 Å². The summed E-state index contributed by atoms with van der Waals surface area (Å²) in [4.78, 5) is 2.35. The van der Waals surface area contributed by atoms with Crippen LogP contribution in [0.4, 0.5) is 0 Å². The van der Waals surface area contributed by atoms with Crippen molar-refractivity contribution in [3.63, 3.8) is 0 Å². The summed E-state index contributed by atoms with van der Waals surface area (Å²) in [5.41, 5.74) is 1.34. The van der Waals surface area contributed by atoms with Gasteiger partial charge in [0.15, 0.2) is 0 Å². The van der Waals surface area contributed by atoms with E-state index >= 15 is 0 Å². The van der Waals surface area contributed by atoms with Crippen LogP contribution in [0.15, 0.2) is 24.8 Å². The van der Waals surface area contributed by atoms with E-state index in [1.807, 2.05) is 6.08 Å². The minimum atomic E-state index is 1.06. The Balaban J connectivity index is 3.39. The second kappa shape index (κ2) is 9.94. The van der Waals surface area contributed by atoms with Crippen LogP contribution >= 0.6 is 0 Å². The predicted molar refractivity (Wildman–Crippen MR) is 69.2 cm³/mol. The maximum absolute atomic E-state index is 4.07. The third-order valence-electron chi connectivity index (χ3n) is 2.47. The number of nitrogens with one attached hydrogen (secondary N) is 1. The molecule has 0 aliphatic carbocycles. The lowest BCUT2D eigenvalue weighted by Crippen LogP contribution is -2.29. The molecule has 0 rings (SSSR count). The zero-order valence-corrected chi connectivity index (χ0v) is 10.4.